The standard InChI is InChI=1S/C18H18F3NO5S/c1-17(24,11-28(25,26)15-9-7-14(27-2)8-10-15)16(23)22-13-5-3-12(4-6-13)18(19,20)21/h3-10,24H,11H2,1-2H3,(H,22,23). The Bertz CT molecular complexity index is 937. The van der Waals surface area contributed by atoms with E-state index in [0.717, 1.165) is 31.2 Å². The maximum atomic E-state index is 12.6. The fourth-order valence-electron chi connectivity index (χ4n) is 2.31. The number of rotatable bonds is 6. The fourth-order valence-corrected chi connectivity index (χ4v) is 3.90. The molecular weight excluding hydrogens is 399 g/mol. The molecule has 0 aliphatic heterocycles. The first-order valence-electron chi connectivity index (χ1n) is 7.93. The van der Waals surface area contributed by atoms with Gasteiger partial charge in [-0.05, 0) is 55.5 Å². The van der Waals surface area contributed by atoms with Crippen LogP contribution >= 0.6 is 0 Å². The van der Waals surface area contributed by atoms with Crippen molar-refractivity contribution < 1.29 is 36.2 Å². The van der Waals surface area contributed by atoms with Crippen molar-refractivity contribution in [1.29, 1.82) is 0 Å². The molecule has 1 unspecified atom stereocenters. The smallest absolute Gasteiger partial charge is 0.416 e. The minimum Gasteiger partial charge on any atom is -0.497 e. The number of alkyl halides is 3. The summed E-state index contributed by atoms with van der Waals surface area (Å²) in [5.41, 5.74) is -3.24. The van der Waals surface area contributed by atoms with Crippen LogP contribution in [-0.4, -0.2) is 37.9 Å². The van der Waals surface area contributed by atoms with E-state index in [1.807, 2.05) is 0 Å². The molecule has 0 spiro atoms. The molecule has 0 bridgehead atoms. The van der Waals surface area contributed by atoms with Crippen LogP contribution in [0.4, 0.5) is 18.9 Å². The molecule has 2 aromatic carbocycles. The van der Waals surface area contributed by atoms with Gasteiger partial charge in [0.05, 0.1) is 23.3 Å². The van der Waals surface area contributed by atoms with Crippen molar-refractivity contribution in [1.82, 2.24) is 0 Å². The van der Waals surface area contributed by atoms with Gasteiger partial charge in [0.2, 0.25) is 0 Å². The summed E-state index contributed by atoms with van der Waals surface area (Å²) >= 11 is 0. The van der Waals surface area contributed by atoms with Crippen LogP contribution in [0.3, 0.4) is 0 Å². The van der Waals surface area contributed by atoms with Crippen LogP contribution in [0.1, 0.15) is 12.5 Å². The van der Waals surface area contributed by atoms with Gasteiger partial charge in [0.1, 0.15) is 5.75 Å². The van der Waals surface area contributed by atoms with E-state index in [-0.39, 0.29) is 10.6 Å². The summed E-state index contributed by atoms with van der Waals surface area (Å²) in [6.45, 7) is 1.01. The van der Waals surface area contributed by atoms with E-state index in [1.165, 1.54) is 31.4 Å². The maximum absolute atomic E-state index is 12.6. The second kappa shape index (κ2) is 7.80. The third-order valence-corrected chi connectivity index (χ3v) is 5.78. The van der Waals surface area contributed by atoms with Crippen LogP contribution in [-0.2, 0) is 20.8 Å². The Morgan fingerprint density at radius 3 is 2.07 bits per heavy atom. The highest BCUT2D eigenvalue weighted by molar-refractivity contribution is 7.91. The lowest BCUT2D eigenvalue weighted by Gasteiger charge is -2.22. The number of nitrogens with one attached hydrogen (secondary N) is 1. The van der Waals surface area contributed by atoms with Crippen molar-refractivity contribution in [2.75, 3.05) is 18.2 Å². The average molecular weight is 417 g/mol. The fraction of sp³-hybridized carbons (Fsp3) is 0.278. The van der Waals surface area contributed by atoms with Gasteiger partial charge in [-0.3, -0.25) is 4.79 Å². The summed E-state index contributed by atoms with van der Waals surface area (Å²) < 4.78 is 67.5. The molecule has 0 heterocycles. The largest absolute Gasteiger partial charge is 0.497 e. The van der Waals surface area contributed by atoms with Crippen LogP contribution in [0.5, 0.6) is 5.75 Å². The molecule has 1 atom stereocenters. The predicted molar refractivity (Wildman–Crippen MR) is 95.7 cm³/mol. The third-order valence-electron chi connectivity index (χ3n) is 3.85. The van der Waals surface area contributed by atoms with Crippen molar-refractivity contribution in [2.45, 2.75) is 23.6 Å². The number of hydrogen-bond acceptors (Lipinski definition) is 5. The molecule has 10 heteroatoms. The normalized spacial score (nSPS) is 14.2. The highest BCUT2D eigenvalue weighted by Gasteiger charge is 2.37. The van der Waals surface area contributed by atoms with Crippen LogP contribution in [0.2, 0.25) is 0 Å². The lowest BCUT2D eigenvalue weighted by Crippen LogP contribution is -2.45. The monoisotopic (exact) mass is 417 g/mol. The Labute approximate surface area is 159 Å². The molecule has 0 aromatic heterocycles. The highest BCUT2D eigenvalue weighted by Crippen LogP contribution is 2.30. The van der Waals surface area contributed by atoms with Gasteiger partial charge in [-0.2, -0.15) is 13.2 Å². The maximum Gasteiger partial charge on any atom is 0.416 e. The number of benzene rings is 2. The first-order valence-corrected chi connectivity index (χ1v) is 9.58. The van der Waals surface area contributed by atoms with Crippen LogP contribution < -0.4 is 10.1 Å². The third kappa shape index (κ3) is 5.23. The SMILES string of the molecule is COc1ccc(S(=O)(=O)CC(C)(O)C(=O)Nc2ccc(C(F)(F)F)cc2)cc1. The van der Waals surface area contributed by atoms with Crippen LogP contribution in [0.15, 0.2) is 53.4 Å². The van der Waals surface area contributed by atoms with Gasteiger partial charge in [-0.25, -0.2) is 8.42 Å². The molecule has 0 aliphatic carbocycles. The van der Waals surface area contributed by atoms with E-state index in [1.54, 1.807) is 0 Å². The summed E-state index contributed by atoms with van der Waals surface area (Å²) in [5, 5.41) is 12.5. The van der Waals surface area contributed by atoms with E-state index in [4.69, 9.17) is 4.74 Å². The average Bonchev–Trinajstić information content (AvgIpc) is 2.60. The molecule has 2 aromatic rings. The number of anilines is 1. The van der Waals surface area contributed by atoms with E-state index >= 15 is 0 Å². The van der Waals surface area contributed by atoms with Gasteiger partial charge in [0, 0.05) is 5.69 Å². The molecule has 2 N–H and O–H groups in total. The van der Waals surface area contributed by atoms with Crippen molar-refractivity contribution in [3.8, 4) is 5.75 Å². The molecule has 0 saturated carbocycles. The number of amides is 1. The number of aliphatic hydroxyl groups is 1. The van der Waals surface area contributed by atoms with Crippen molar-refractivity contribution >= 4 is 21.4 Å². The Kier molecular flexibility index (Phi) is 6.05. The Balaban J connectivity index is 2.13. The van der Waals surface area contributed by atoms with Crippen LogP contribution in [0.25, 0.3) is 0 Å². The van der Waals surface area contributed by atoms with Crippen molar-refractivity contribution in [3.05, 3.63) is 54.1 Å². The topological polar surface area (TPSA) is 92.7 Å². The number of methoxy groups -OCH3 is 1. The number of carbonyl (C=O) groups is 1. The molecule has 0 aliphatic rings. The Morgan fingerprint density at radius 2 is 1.61 bits per heavy atom. The zero-order chi connectivity index (χ0) is 21.2. The van der Waals surface area contributed by atoms with Gasteiger partial charge in [0.15, 0.2) is 15.4 Å². The number of ether oxygens (including phenoxy) is 1. The quantitative estimate of drug-likeness (QED) is 0.754. The molecular formula is C18H18F3NO5S. The number of halogens is 3. The summed E-state index contributed by atoms with van der Waals surface area (Å²) in [5.74, 6) is -1.55. The first-order chi connectivity index (χ1) is 12.8. The van der Waals surface area contributed by atoms with E-state index in [9.17, 15) is 31.5 Å². The molecule has 0 fully saturated rings. The van der Waals surface area contributed by atoms with Crippen molar-refractivity contribution in [3.63, 3.8) is 0 Å². The van der Waals surface area contributed by atoms with Gasteiger partial charge in [-0.1, -0.05) is 0 Å². The van der Waals surface area contributed by atoms with E-state index in [2.05, 4.69) is 5.32 Å². The second-order valence-electron chi connectivity index (χ2n) is 6.24. The number of carbonyl (C=O) groups excluding carboxylic acids is 1. The number of sulfone groups is 1. The minimum atomic E-state index is -4.53. The second-order valence-corrected chi connectivity index (χ2v) is 8.23. The molecule has 2 rings (SSSR count). The predicted octanol–water partition coefficient (Wildman–Crippen LogP) is 2.88. The van der Waals surface area contributed by atoms with Gasteiger partial charge in [-0.15, -0.1) is 0 Å². The first kappa shape index (κ1) is 21.7. The van der Waals surface area contributed by atoms with E-state index in [0.29, 0.717) is 5.75 Å². The highest BCUT2D eigenvalue weighted by atomic mass is 32.2. The lowest BCUT2D eigenvalue weighted by molar-refractivity contribution is -0.137. The summed E-state index contributed by atoms with van der Waals surface area (Å²) in [6.07, 6.45) is -4.53. The summed E-state index contributed by atoms with van der Waals surface area (Å²) in [6, 6.07) is 8.93. The minimum absolute atomic E-state index is 0.0138. The lowest BCUT2D eigenvalue weighted by atomic mass is 10.1. The molecule has 6 nitrogen and oxygen atoms in total. The number of hydrogen-bond donors (Lipinski definition) is 2. The van der Waals surface area contributed by atoms with Crippen molar-refractivity contribution in [2.24, 2.45) is 0 Å². The Hall–Kier alpha value is -2.59. The summed E-state index contributed by atoms with van der Waals surface area (Å²) in [4.78, 5) is 12.1. The van der Waals surface area contributed by atoms with Crippen LogP contribution in [0, 0.1) is 0 Å². The zero-order valence-electron chi connectivity index (χ0n) is 14.9. The Morgan fingerprint density at radius 1 is 1.07 bits per heavy atom. The molecule has 152 valence electrons. The molecule has 1 amide bonds. The van der Waals surface area contributed by atoms with Gasteiger partial charge < -0.3 is 15.2 Å². The molecule has 0 saturated heterocycles. The molecule has 0 radical (unpaired) electrons. The zero-order valence-corrected chi connectivity index (χ0v) is 15.8. The molecule has 28 heavy (non-hydrogen) atoms. The van der Waals surface area contributed by atoms with E-state index < -0.39 is 38.8 Å². The van der Waals surface area contributed by atoms with Gasteiger partial charge in [0.25, 0.3) is 5.91 Å². The van der Waals surface area contributed by atoms with Gasteiger partial charge >= 0.3 is 6.18 Å². The summed E-state index contributed by atoms with van der Waals surface area (Å²) in [7, 11) is -2.60.